The zero-order chi connectivity index (χ0) is 13.2. The van der Waals surface area contributed by atoms with Gasteiger partial charge in [-0.1, -0.05) is 30.3 Å². The van der Waals surface area contributed by atoms with Crippen LogP contribution >= 0.6 is 0 Å². The van der Waals surface area contributed by atoms with Gasteiger partial charge in [-0.25, -0.2) is 18.4 Å². The monoisotopic (exact) mass is 263 g/mol. The van der Waals surface area contributed by atoms with Gasteiger partial charge in [0.05, 0.1) is 11.9 Å². The number of nitrogens with two attached hydrogens (primary N) is 1. The average molecular weight is 263 g/mol. The van der Waals surface area contributed by atoms with Gasteiger partial charge in [-0.2, -0.15) is 0 Å². The second kappa shape index (κ2) is 4.73. The third-order valence-electron chi connectivity index (χ3n) is 2.39. The minimum atomic E-state index is -3.42. The van der Waals surface area contributed by atoms with Crippen molar-refractivity contribution in [1.82, 2.24) is 9.97 Å². The van der Waals surface area contributed by atoms with Crippen molar-refractivity contribution in [2.24, 2.45) is 0 Å². The van der Waals surface area contributed by atoms with E-state index in [0.717, 1.165) is 11.8 Å². The first-order valence-corrected chi connectivity index (χ1v) is 7.21. The first-order valence-electron chi connectivity index (χ1n) is 5.32. The highest BCUT2D eigenvalue weighted by Crippen LogP contribution is 2.15. The third kappa shape index (κ3) is 2.84. The molecule has 1 heterocycles. The van der Waals surface area contributed by atoms with E-state index in [1.807, 2.05) is 30.3 Å². The number of nitrogen functional groups attached to an aromatic ring is 1. The Morgan fingerprint density at radius 1 is 1.22 bits per heavy atom. The van der Waals surface area contributed by atoms with Gasteiger partial charge >= 0.3 is 0 Å². The number of anilines is 1. The molecule has 6 heteroatoms. The summed E-state index contributed by atoms with van der Waals surface area (Å²) in [7, 11) is -3.42. The van der Waals surface area contributed by atoms with Crippen molar-refractivity contribution in [3.63, 3.8) is 0 Å². The van der Waals surface area contributed by atoms with Gasteiger partial charge in [0.25, 0.3) is 0 Å². The van der Waals surface area contributed by atoms with Crippen LogP contribution in [0.15, 0.2) is 41.6 Å². The first-order chi connectivity index (χ1) is 8.47. The summed E-state index contributed by atoms with van der Waals surface area (Å²) in [6.07, 6.45) is 2.89. The summed E-state index contributed by atoms with van der Waals surface area (Å²) in [5.41, 5.74) is 6.66. The Labute approximate surface area is 106 Å². The highest BCUT2D eigenvalue weighted by Gasteiger charge is 2.15. The van der Waals surface area contributed by atoms with Crippen molar-refractivity contribution in [1.29, 1.82) is 0 Å². The van der Waals surface area contributed by atoms with E-state index in [2.05, 4.69) is 9.97 Å². The number of benzene rings is 1. The lowest BCUT2D eigenvalue weighted by Gasteiger charge is -2.05. The number of hydrogen-bond acceptors (Lipinski definition) is 5. The molecule has 94 valence electrons. The van der Waals surface area contributed by atoms with Gasteiger partial charge in [0.15, 0.2) is 14.9 Å². The molecular weight excluding hydrogens is 250 g/mol. The zero-order valence-electron chi connectivity index (χ0n) is 9.87. The molecule has 0 fully saturated rings. The molecule has 18 heavy (non-hydrogen) atoms. The van der Waals surface area contributed by atoms with Gasteiger partial charge in [-0.3, -0.25) is 0 Å². The minimum Gasteiger partial charge on any atom is -0.395 e. The van der Waals surface area contributed by atoms with Crippen LogP contribution < -0.4 is 5.73 Å². The lowest BCUT2D eigenvalue weighted by Crippen LogP contribution is -2.09. The van der Waals surface area contributed by atoms with Gasteiger partial charge in [0.1, 0.15) is 5.82 Å². The lowest BCUT2D eigenvalue weighted by molar-refractivity contribution is 0.597. The molecule has 0 unspecified atom stereocenters. The predicted molar refractivity (Wildman–Crippen MR) is 68.8 cm³/mol. The Balaban J connectivity index is 2.37. The fourth-order valence-electron chi connectivity index (χ4n) is 1.57. The maximum absolute atomic E-state index is 11.5. The Morgan fingerprint density at radius 2 is 1.89 bits per heavy atom. The van der Waals surface area contributed by atoms with Crippen LogP contribution in [0.3, 0.4) is 0 Å². The van der Waals surface area contributed by atoms with Crippen LogP contribution in [0.5, 0.6) is 0 Å². The van der Waals surface area contributed by atoms with Gasteiger partial charge < -0.3 is 5.73 Å². The normalized spacial score (nSPS) is 11.4. The highest BCUT2D eigenvalue weighted by atomic mass is 32.2. The summed E-state index contributed by atoms with van der Waals surface area (Å²) in [6, 6.07) is 9.59. The van der Waals surface area contributed by atoms with Crippen molar-refractivity contribution >= 4 is 15.5 Å². The highest BCUT2D eigenvalue weighted by molar-refractivity contribution is 7.90. The van der Waals surface area contributed by atoms with E-state index in [9.17, 15) is 8.42 Å². The Bertz CT molecular complexity index is 654. The standard InChI is InChI=1S/C12H13N3O2S/c1-18(16,17)12-10(13)8-14-11(15-12)7-9-5-3-2-4-6-9/h2-6,8H,7,13H2,1H3. The second-order valence-corrected chi connectivity index (χ2v) is 5.91. The van der Waals surface area contributed by atoms with E-state index in [0.29, 0.717) is 12.2 Å². The van der Waals surface area contributed by atoms with Crippen molar-refractivity contribution in [3.05, 3.63) is 47.9 Å². The molecule has 2 rings (SSSR count). The van der Waals surface area contributed by atoms with E-state index < -0.39 is 9.84 Å². The summed E-state index contributed by atoms with van der Waals surface area (Å²) in [5, 5.41) is -0.108. The molecule has 0 aliphatic heterocycles. The summed E-state index contributed by atoms with van der Waals surface area (Å²) in [4.78, 5) is 8.06. The van der Waals surface area contributed by atoms with Crippen LogP contribution in [0.2, 0.25) is 0 Å². The maximum Gasteiger partial charge on any atom is 0.194 e. The Hall–Kier alpha value is -1.95. The summed E-state index contributed by atoms with van der Waals surface area (Å²) in [5.74, 6) is 0.441. The molecule has 0 bridgehead atoms. The summed E-state index contributed by atoms with van der Waals surface area (Å²) in [6.45, 7) is 0. The van der Waals surface area contributed by atoms with Crippen LogP contribution in [-0.2, 0) is 16.3 Å². The van der Waals surface area contributed by atoms with Crippen molar-refractivity contribution in [2.75, 3.05) is 12.0 Å². The van der Waals surface area contributed by atoms with Crippen molar-refractivity contribution in [3.8, 4) is 0 Å². The van der Waals surface area contributed by atoms with E-state index in [1.165, 1.54) is 6.20 Å². The fraction of sp³-hybridized carbons (Fsp3) is 0.167. The van der Waals surface area contributed by atoms with Gasteiger partial charge in [0.2, 0.25) is 0 Å². The van der Waals surface area contributed by atoms with E-state index in [-0.39, 0.29) is 10.7 Å². The van der Waals surface area contributed by atoms with Crippen molar-refractivity contribution in [2.45, 2.75) is 11.4 Å². The fourth-order valence-corrected chi connectivity index (χ4v) is 2.32. The van der Waals surface area contributed by atoms with Crippen LogP contribution in [-0.4, -0.2) is 24.6 Å². The van der Waals surface area contributed by atoms with E-state index in [1.54, 1.807) is 0 Å². The quantitative estimate of drug-likeness (QED) is 0.837. The maximum atomic E-state index is 11.5. The number of hydrogen-bond donors (Lipinski definition) is 1. The summed E-state index contributed by atoms with van der Waals surface area (Å²) >= 11 is 0. The van der Waals surface area contributed by atoms with Gasteiger partial charge in [-0.15, -0.1) is 0 Å². The molecule has 0 spiro atoms. The second-order valence-electron chi connectivity index (χ2n) is 3.98. The molecule has 5 nitrogen and oxygen atoms in total. The molecule has 1 aromatic carbocycles. The van der Waals surface area contributed by atoms with Gasteiger partial charge in [0, 0.05) is 12.7 Å². The SMILES string of the molecule is CS(=O)(=O)c1nc(Cc2ccccc2)ncc1N. The van der Waals surface area contributed by atoms with Crippen LogP contribution in [0.25, 0.3) is 0 Å². The molecule has 0 atom stereocenters. The van der Waals surface area contributed by atoms with Crippen LogP contribution in [0, 0.1) is 0 Å². The number of aromatic nitrogens is 2. The van der Waals surface area contributed by atoms with E-state index in [4.69, 9.17) is 5.73 Å². The molecule has 0 amide bonds. The third-order valence-corrected chi connectivity index (χ3v) is 3.42. The predicted octanol–water partition coefficient (Wildman–Crippen LogP) is 1.05. The smallest absolute Gasteiger partial charge is 0.194 e. The number of nitrogens with zero attached hydrogens (tertiary/aromatic N) is 2. The van der Waals surface area contributed by atoms with Gasteiger partial charge in [-0.05, 0) is 5.56 Å². The average Bonchev–Trinajstić information content (AvgIpc) is 2.31. The topological polar surface area (TPSA) is 85.9 Å². The Kier molecular flexibility index (Phi) is 3.29. The number of rotatable bonds is 3. The molecule has 0 saturated heterocycles. The molecule has 0 aliphatic carbocycles. The van der Waals surface area contributed by atoms with Crippen LogP contribution in [0.4, 0.5) is 5.69 Å². The van der Waals surface area contributed by atoms with Crippen LogP contribution in [0.1, 0.15) is 11.4 Å². The molecule has 0 saturated carbocycles. The zero-order valence-corrected chi connectivity index (χ0v) is 10.7. The minimum absolute atomic E-state index is 0.0781. The lowest BCUT2D eigenvalue weighted by atomic mass is 10.1. The Morgan fingerprint density at radius 3 is 2.50 bits per heavy atom. The molecule has 0 aliphatic rings. The van der Waals surface area contributed by atoms with Crippen molar-refractivity contribution < 1.29 is 8.42 Å². The largest absolute Gasteiger partial charge is 0.395 e. The molecular formula is C12H13N3O2S. The van der Waals surface area contributed by atoms with E-state index >= 15 is 0 Å². The molecule has 0 radical (unpaired) electrons. The number of sulfone groups is 1. The molecule has 2 aromatic rings. The molecule has 1 aromatic heterocycles. The summed E-state index contributed by atoms with van der Waals surface area (Å²) < 4.78 is 23.0. The molecule has 2 N–H and O–H groups in total. The first kappa shape index (κ1) is 12.5.